The molecule has 0 saturated carbocycles. The number of unbranched alkanes of at least 4 members (excludes halogenated alkanes) is 5. The van der Waals surface area contributed by atoms with Gasteiger partial charge in [-0.3, -0.25) is 0 Å². The van der Waals surface area contributed by atoms with Gasteiger partial charge in [-0.1, -0.05) is 39.0 Å². The van der Waals surface area contributed by atoms with E-state index in [0.29, 0.717) is 12.2 Å². The molecule has 0 unspecified atom stereocenters. The molecule has 0 bridgehead atoms. The molecule has 0 atom stereocenters. The molecule has 29 heavy (non-hydrogen) atoms. The van der Waals surface area contributed by atoms with Crippen molar-refractivity contribution in [3.63, 3.8) is 0 Å². The number of carbonyl (C=O) groups excluding carboxylic acids is 1. The van der Waals surface area contributed by atoms with Gasteiger partial charge in [0.15, 0.2) is 0 Å². The summed E-state index contributed by atoms with van der Waals surface area (Å²) in [6.45, 7) is 2.49. The number of rotatable bonds is 10. The Bertz CT molecular complexity index is 829. The van der Waals surface area contributed by atoms with Gasteiger partial charge in [-0.25, -0.2) is 9.59 Å². The Balaban J connectivity index is 1.91. The normalized spacial score (nSPS) is 12.6. The van der Waals surface area contributed by atoms with Gasteiger partial charge in [0, 0.05) is 23.7 Å². The molecule has 0 aliphatic carbocycles. The number of carbonyl (C=O) groups is 2. The Kier molecular flexibility index (Phi) is 8.71. The van der Waals surface area contributed by atoms with Crippen LogP contribution in [0.5, 0.6) is 0 Å². The molecule has 6 nitrogen and oxygen atoms in total. The Morgan fingerprint density at radius 2 is 1.66 bits per heavy atom. The topological polar surface area (TPSA) is 90.6 Å². The summed E-state index contributed by atoms with van der Waals surface area (Å²) in [5, 5.41) is 18.3. The van der Waals surface area contributed by atoms with E-state index in [4.69, 9.17) is 9.84 Å². The molecule has 0 spiro atoms. The molecule has 0 fully saturated rings. The summed E-state index contributed by atoms with van der Waals surface area (Å²) in [7, 11) is 0. The predicted molar refractivity (Wildman–Crippen MR) is 111 cm³/mol. The van der Waals surface area contributed by atoms with E-state index in [1.807, 2.05) is 6.07 Å². The molecular formula is C23H26N2O4. The number of hydrogen-bond acceptors (Lipinski definition) is 5. The molecule has 2 rings (SSSR count). The molecule has 1 aromatic carbocycles. The average Bonchev–Trinajstić information content (AvgIpc) is 2.74. The number of carboxylic acids is 1. The molecule has 0 radical (unpaired) electrons. The standard InChI is InChI=1S/C23H26N2O4/c1-2-3-4-5-6-7-16-29-23(28)21(17-24)18-12-14-25(15-13-18)20-10-8-19(9-11-20)22(26)27/h8-15H,2-7,16H2,1H3,(H,26,27). The zero-order valence-electron chi connectivity index (χ0n) is 16.6. The monoisotopic (exact) mass is 394 g/mol. The molecule has 1 aliphatic heterocycles. The lowest BCUT2D eigenvalue weighted by Gasteiger charge is -2.19. The first-order valence-corrected chi connectivity index (χ1v) is 9.86. The molecule has 1 heterocycles. The molecule has 0 amide bonds. The van der Waals surface area contributed by atoms with Crippen molar-refractivity contribution in [2.75, 3.05) is 11.5 Å². The summed E-state index contributed by atoms with van der Waals surface area (Å²) in [4.78, 5) is 24.9. The van der Waals surface area contributed by atoms with Crippen LogP contribution >= 0.6 is 0 Å². The number of allylic oxidation sites excluding steroid dienone is 3. The molecule has 0 aromatic heterocycles. The number of anilines is 1. The second-order valence-electron chi connectivity index (χ2n) is 6.74. The van der Waals surface area contributed by atoms with Crippen molar-refractivity contribution in [3.05, 3.63) is 65.5 Å². The van der Waals surface area contributed by atoms with Gasteiger partial charge in [0.25, 0.3) is 0 Å². The van der Waals surface area contributed by atoms with Crippen LogP contribution in [0.25, 0.3) is 0 Å². The van der Waals surface area contributed by atoms with Crippen molar-refractivity contribution < 1.29 is 19.4 Å². The van der Waals surface area contributed by atoms with Gasteiger partial charge in [-0.2, -0.15) is 5.26 Å². The molecule has 152 valence electrons. The summed E-state index contributed by atoms with van der Waals surface area (Å²) in [5.74, 6) is -1.59. The van der Waals surface area contributed by atoms with E-state index >= 15 is 0 Å². The van der Waals surface area contributed by atoms with Gasteiger partial charge in [0.1, 0.15) is 11.6 Å². The quantitative estimate of drug-likeness (QED) is 0.261. The minimum Gasteiger partial charge on any atom is -0.478 e. The summed E-state index contributed by atoms with van der Waals surface area (Å²) in [6, 6.07) is 8.35. The zero-order chi connectivity index (χ0) is 21.1. The summed E-state index contributed by atoms with van der Waals surface area (Å²) in [6.07, 6.45) is 13.3. The van der Waals surface area contributed by atoms with Gasteiger partial charge in [0.05, 0.1) is 12.2 Å². The fourth-order valence-corrected chi connectivity index (χ4v) is 2.89. The van der Waals surface area contributed by atoms with Crippen LogP contribution in [0.3, 0.4) is 0 Å². The molecule has 1 aliphatic rings. The lowest BCUT2D eigenvalue weighted by molar-refractivity contribution is -0.138. The molecule has 1 aromatic rings. The number of hydrogen-bond donors (Lipinski definition) is 1. The van der Waals surface area contributed by atoms with Crippen molar-refractivity contribution in [1.29, 1.82) is 5.26 Å². The number of ether oxygens (including phenoxy) is 1. The van der Waals surface area contributed by atoms with Crippen LogP contribution in [0, 0.1) is 11.3 Å². The summed E-state index contributed by atoms with van der Waals surface area (Å²) >= 11 is 0. The second kappa shape index (κ2) is 11.5. The van der Waals surface area contributed by atoms with E-state index in [-0.39, 0.29) is 11.1 Å². The fourth-order valence-electron chi connectivity index (χ4n) is 2.89. The van der Waals surface area contributed by atoms with Gasteiger partial charge in [-0.15, -0.1) is 0 Å². The number of aromatic carboxylic acids is 1. The Labute approximate surface area is 171 Å². The minimum atomic E-state index is -0.982. The van der Waals surface area contributed by atoms with Crippen molar-refractivity contribution in [2.45, 2.75) is 45.4 Å². The molecule has 0 saturated heterocycles. The van der Waals surface area contributed by atoms with Crippen LogP contribution < -0.4 is 4.90 Å². The van der Waals surface area contributed by atoms with E-state index in [1.165, 1.54) is 31.4 Å². The number of esters is 1. The highest BCUT2D eigenvalue weighted by Gasteiger charge is 2.16. The Hall–Kier alpha value is -3.33. The highest BCUT2D eigenvalue weighted by Crippen LogP contribution is 2.22. The summed E-state index contributed by atoms with van der Waals surface area (Å²) < 4.78 is 5.25. The number of benzene rings is 1. The third-order valence-electron chi connectivity index (χ3n) is 4.58. The van der Waals surface area contributed by atoms with Crippen molar-refractivity contribution in [1.82, 2.24) is 0 Å². The first-order valence-electron chi connectivity index (χ1n) is 9.86. The molecule has 1 N–H and O–H groups in total. The number of nitriles is 1. The van der Waals surface area contributed by atoms with Gasteiger partial charge in [-0.05, 0) is 42.8 Å². The van der Waals surface area contributed by atoms with E-state index in [2.05, 4.69) is 6.92 Å². The number of nitrogens with zero attached hydrogens (tertiary/aromatic N) is 2. The molecule has 6 heteroatoms. The molecular weight excluding hydrogens is 368 g/mol. The Morgan fingerprint density at radius 1 is 1.03 bits per heavy atom. The smallest absolute Gasteiger partial charge is 0.349 e. The van der Waals surface area contributed by atoms with Crippen LogP contribution in [-0.2, 0) is 9.53 Å². The van der Waals surface area contributed by atoms with Crippen LogP contribution in [0.4, 0.5) is 5.69 Å². The minimum absolute atomic E-state index is 0.0237. The third kappa shape index (κ3) is 6.65. The number of carboxylic acid groups (broad SMARTS) is 1. The van der Waals surface area contributed by atoms with Crippen LogP contribution in [0.2, 0.25) is 0 Å². The second-order valence-corrected chi connectivity index (χ2v) is 6.74. The maximum absolute atomic E-state index is 12.2. The van der Waals surface area contributed by atoms with E-state index in [9.17, 15) is 14.9 Å². The van der Waals surface area contributed by atoms with E-state index in [0.717, 1.165) is 24.9 Å². The van der Waals surface area contributed by atoms with Crippen molar-refractivity contribution in [3.8, 4) is 6.07 Å². The van der Waals surface area contributed by atoms with Gasteiger partial charge >= 0.3 is 11.9 Å². The fraction of sp³-hybridized carbons (Fsp3) is 0.348. The van der Waals surface area contributed by atoms with E-state index in [1.54, 1.807) is 41.6 Å². The zero-order valence-corrected chi connectivity index (χ0v) is 16.6. The first-order chi connectivity index (χ1) is 14.1. The highest BCUT2D eigenvalue weighted by molar-refractivity contribution is 5.95. The van der Waals surface area contributed by atoms with Crippen LogP contribution in [0.1, 0.15) is 55.8 Å². The Morgan fingerprint density at radius 3 is 2.24 bits per heavy atom. The average molecular weight is 394 g/mol. The van der Waals surface area contributed by atoms with Gasteiger partial charge < -0.3 is 14.7 Å². The predicted octanol–water partition coefficient (Wildman–Crippen LogP) is 4.96. The SMILES string of the molecule is CCCCCCCCOC(=O)C(C#N)=C1C=CN(c2ccc(C(=O)O)cc2)C=C1. The summed E-state index contributed by atoms with van der Waals surface area (Å²) in [5.41, 5.74) is 1.44. The maximum atomic E-state index is 12.2. The van der Waals surface area contributed by atoms with Crippen LogP contribution in [-0.4, -0.2) is 23.7 Å². The first kappa shape index (κ1) is 22.0. The lowest BCUT2D eigenvalue weighted by atomic mass is 10.1. The van der Waals surface area contributed by atoms with Crippen LogP contribution in [0.15, 0.2) is 60.0 Å². The largest absolute Gasteiger partial charge is 0.478 e. The van der Waals surface area contributed by atoms with E-state index < -0.39 is 11.9 Å². The highest BCUT2D eigenvalue weighted by atomic mass is 16.5. The van der Waals surface area contributed by atoms with Crippen molar-refractivity contribution in [2.24, 2.45) is 0 Å². The third-order valence-corrected chi connectivity index (χ3v) is 4.58. The van der Waals surface area contributed by atoms with Crippen molar-refractivity contribution >= 4 is 17.6 Å². The maximum Gasteiger partial charge on any atom is 0.349 e. The lowest BCUT2D eigenvalue weighted by Crippen LogP contribution is -2.13. The van der Waals surface area contributed by atoms with Gasteiger partial charge in [0.2, 0.25) is 0 Å².